The van der Waals surface area contributed by atoms with Crippen LogP contribution < -0.4 is 5.32 Å². The second kappa shape index (κ2) is 6.04. The number of aryl methyl sites for hydroxylation is 2. The van der Waals surface area contributed by atoms with Gasteiger partial charge in [0.15, 0.2) is 0 Å². The van der Waals surface area contributed by atoms with Crippen molar-refractivity contribution in [3.05, 3.63) is 40.0 Å². The van der Waals surface area contributed by atoms with Crippen LogP contribution in [0.4, 0.5) is 5.69 Å². The van der Waals surface area contributed by atoms with Crippen molar-refractivity contribution in [2.75, 3.05) is 5.32 Å². The molecule has 1 N–H and O–H groups in total. The first-order valence-corrected chi connectivity index (χ1v) is 6.33. The van der Waals surface area contributed by atoms with Gasteiger partial charge in [0.05, 0.1) is 0 Å². The number of hydrogen-bond donors (Lipinski definition) is 1. The van der Waals surface area contributed by atoms with E-state index in [-0.39, 0.29) is 12.3 Å². The van der Waals surface area contributed by atoms with Gasteiger partial charge < -0.3 is 9.73 Å². The fraction of sp³-hybridized carbons (Fsp3) is 0.250. The van der Waals surface area contributed by atoms with Gasteiger partial charge in [-0.25, -0.2) is 0 Å². The zero-order valence-electron chi connectivity index (χ0n) is 10.1. The van der Waals surface area contributed by atoms with Crippen molar-refractivity contribution in [3.8, 4) is 0 Å². The van der Waals surface area contributed by atoms with E-state index in [0.717, 1.165) is 0 Å². The van der Waals surface area contributed by atoms with E-state index in [1.54, 1.807) is 25.1 Å². The Morgan fingerprint density at radius 2 is 1.95 bits per heavy atom. The predicted molar refractivity (Wildman–Crippen MR) is 72.4 cm³/mol. The van der Waals surface area contributed by atoms with Crippen molar-refractivity contribution in [2.45, 2.75) is 19.8 Å². The Bertz CT molecular complexity index is 578. The van der Waals surface area contributed by atoms with Gasteiger partial charge in [0.25, 0.3) is 0 Å². The van der Waals surface area contributed by atoms with Crippen LogP contribution >= 0.6 is 23.2 Å². The molecule has 7 heteroatoms. The maximum absolute atomic E-state index is 11.7. The smallest absolute Gasteiger partial charge is 0.224 e. The minimum atomic E-state index is -0.172. The number of carbonyl (C=O) groups is 1. The van der Waals surface area contributed by atoms with E-state index in [4.69, 9.17) is 27.6 Å². The molecule has 0 atom stereocenters. The number of aromatic nitrogens is 2. The zero-order chi connectivity index (χ0) is 13.8. The Balaban J connectivity index is 1.90. The summed E-state index contributed by atoms with van der Waals surface area (Å²) in [6, 6.07) is 4.85. The summed E-state index contributed by atoms with van der Waals surface area (Å²) in [5, 5.41) is 11.1. The van der Waals surface area contributed by atoms with E-state index >= 15 is 0 Å². The Morgan fingerprint density at radius 1 is 1.26 bits per heavy atom. The van der Waals surface area contributed by atoms with E-state index in [2.05, 4.69) is 15.5 Å². The molecule has 5 nitrogen and oxygen atoms in total. The van der Waals surface area contributed by atoms with Crippen LogP contribution in [0.5, 0.6) is 0 Å². The first-order valence-electron chi connectivity index (χ1n) is 5.58. The molecular formula is C12H11Cl2N3O2. The molecule has 2 rings (SSSR count). The molecule has 0 saturated heterocycles. The van der Waals surface area contributed by atoms with Gasteiger partial charge in [0.2, 0.25) is 17.7 Å². The summed E-state index contributed by atoms with van der Waals surface area (Å²) in [5.41, 5.74) is 0.559. The lowest BCUT2D eigenvalue weighted by Gasteiger charge is -2.05. The molecule has 1 heterocycles. The fourth-order valence-corrected chi connectivity index (χ4v) is 2.03. The monoisotopic (exact) mass is 299 g/mol. The average Bonchev–Trinajstić information content (AvgIpc) is 2.71. The molecule has 0 aliphatic rings. The van der Waals surface area contributed by atoms with Crippen molar-refractivity contribution in [1.29, 1.82) is 0 Å². The Kier molecular flexibility index (Phi) is 4.39. The zero-order valence-corrected chi connectivity index (χ0v) is 11.6. The van der Waals surface area contributed by atoms with E-state index in [1.165, 1.54) is 0 Å². The van der Waals surface area contributed by atoms with E-state index in [0.29, 0.717) is 33.9 Å². The molecule has 0 aliphatic carbocycles. The van der Waals surface area contributed by atoms with Gasteiger partial charge in [-0.3, -0.25) is 4.79 Å². The number of benzene rings is 1. The number of carbonyl (C=O) groups excluding carboxylic acids is 1. The van der Waals surface area contributed by atoms with Gasteiger partial charge in [-0.15, -0.1) is 10.2 Å². The minimum Gasteiger partial charge on any atom is -0.426 e. The van der Waals surface area contributed by atoms with Crippen LogP contribution in [0.3, 0.4) is 0 Å². The Morgan fingerprint density at radius 3 is 2.53 bits per heavy atom. The molecule has 0 aliphatic heterocycles. The number of nitrogens with zero attached hydrogens (tertiary/aromatic N) is 2. The highest BCUT2D eigenvalue weighted by Crippen LogP contribution is 2.22. The van der Waals surface area contributed by atoms with Gasteiger partial charge in [-0.1, -0.05) is 23.2 Å². The normalized spacial score (nSPS) is 10.5. The topological polar surface area (TPSA) is 68.0 Å². The maximum Gasteiger partial charge on any atom is 0.224 e. The third kappa shape index (κ3) is 4.22. The molecule has 0 spiro atoms. The minimum absolute atomic E-state index is 0.172. The highest BCUT2D eigenvalue weighted by atomic mass is 35.5. The summed E-state index contributed by atoms with van der Waals surface area (Å²) in [7, 11) is 0. The number of nitrogens with one attached hydrogen (secondary N) is 1. The van der Waals surface area contributed by atoms with Crippen molar-refractivity contribution in [2.24, 2.45) is 0 Å². The number of amides is 1. The second-order valence-corrected chi connectivity index (χ2v) is 4.79. The molecule has 0 radical (unpaired) electrons. The molecule has 0 fully saturated rings. The Labute approximate surface area is 119 Å². The summed E-state index contributed by atoms with van der Waals surface area (Å²) < 4.78 is 5.18. The van der Waals surface area contributed by atoms with E-state index < -0.39 is 0 Å². The van der Waals surface area contributed by atoms with Gasteiger partial charge in [0.1, 0.15) is 0 Å². The van der Waals surface area contributed by atoms with Crippen molar-refractivity contribution < 1.29 is 9.21 Å². The summed E-state index contributed by atoms with van der Waals surface area (Å²) in [4.78, 5) is 11.7. The quantitative estimate of drug-likeness (QED) is 0.941. The van der Waals surface area contributed by atoms with E-state index in [9.17, 15) is 4.79 Å². The Hall–Kier alpha value is -1.59. The predicted octanol–water partition coefficient (Wildman–Crippen LogP) is 3.26. The van der Waals surface area contributed by atoms with Crippen LogP contribution in [0.1, 0.15) is 18.2 Å². The van der Waals surface area contributed by atoms with Crippen LogP contribution in [0, 0.1) is 6.92 Å². The molecule has 0 bridgehead atoms. The SMILES string of the molecule is Cc1nnc(CCC(=O)Nc2cc(Cl)cc(Cl)c2)o1. The van der Waals surface area contributed by atoms with Crippen LogP contribution in [-0.4, -0.2) is 16.1 Å². The van der Waals surface area contributed by atoms with Gasteiger partial charge in [-0.05, 0) is 18.2 Å². The van der Waals surface area contributed by atoms with Crippen LogP contribution in [0.25, 0.3) is 0 Å². The lowest BCUT2D eigenvalue weighted by molar-refractivity contribution is -0.116. The third-order valence-electron chi connectivity index (χ3n) is 2.28. The molecule has 100 valence electrons. The first-order chi connectivity index (χ1) is 9.02. The molecular weight excluding hydrogens is 289 g/mol. The van der Waals surface area contributed by atoms with Crippen molar-refractivity contribution >= 4 is 34.8 Å². The summed E-state index contributed by atoms with van der Waals surface area (Å²) in [5.74, 6) is 0.753. The molecule has 0 unspecified atom stereocenters. The van der Waals surface area contributed by atoms with E-state index in [1.807, 2.05) is 0 Å². The highest BCUT2D eigenvalue weighted by Gasteiger charge is 2.08. The largest absolute Gasteiger partial charge is 0.426 e. The lowest BCUT2D eigenvalue weighted by Crippen LogP contribution is -2.12. The van der Waals surface area contributed by atoms with Crippen LogP contribution in [0.15, 0.2) is 22.6 Å². The lowest BCUT2D eigenvalue weighted by atomic mass is 10.2. The number of halogens is 2. The average molecular weight is 300 g/mol. The standard InChI is InChI=1S/C12H11Cl2N3O2/c1-7-16-17-12(19-7)3-2-11(18)15-10-5-8(13)4-9(14)6-10/h4-6H,2-3H2,1H3,(H,15,18). The van der Waals surface area contributed by atoms with Crippen LogP contribution in [-0.2, 0) is 11.2 Å². The highest BCUT2D eigenvalue weighted by molar-refractivity contribution is 6.35. The van der Waals surface area contributed by atoms with Crippen molar-refractivity contribution in [1.82, 2.24) is 10.2 Å². The number of hydrogen-bond acceptors (Lipinski definition) is 4. The fourth-order valence-electron chi connectivity index (χ4n) is 1.51. The number of rotatable bonds is 4. The maximum atomic E-state index is 11.7. The molecule has 1 amide bonds. The summed E-state index contributed by atoms with van der Waals surface area (Å²) >= 11 is 11.7. The van der Waals surface area contributed by atoms with Crippen molar-refractivity contribution in [3.63, 3.8) is 0 Å². The van der Waals surface area contributed by atoms with Gasteiger partial charge >= 0.3 is 0 Å². The van der Waals surface area contributed by atoms with Crippen LogP contribution in [0.2, 0.25) is 10.0 Å². The van der Waals surface area contributed by atoms with Gasteiger partial charge in [0, 0.05) is 35.5 Å². The number of anilines is 1. The molecule has 0 saturated carbocycles. The molecule has 2 aromatic rings. The van der Waals surface area contributed by atoms with Gasteiger partial charge in [-0.2, -0.15) is 0 Å². The third-order valence-corrected chi connectivity index (χ3v) is 2.72. The second-order valence-electron chi connectivity index (χ2n) is 3.92. The molecule has 1 aromatic carbocycles. The summed E-state index contributed by atoms with van der Waals surface area (Å²) in [6.07, 6.45) is 0.632. The first kappa shape index (κ1) is 13.8. The molecule has 19 heavy (non-hydrogen) atoms. The summed E-state index contributed by atoms with van der Waals surface area (Å²) in [6.45, 7) is 1.70. The molecule has 1 aromatic heterocycles.